The summed E-state index contributed by atoms with van der Waals surface area (Å²) in [5.74, 6) is 1.99. The van der Waals surface area contributed by atoms with Crippen LogP contribution in [-0.2, 0) is 4.79 Å². The lowest BCUT2D eigenvalue weighted by Crippen LogP contribution is -2.46. The molecular formula is C19H33Cl2N5O. The summed E-state index contributed by atoms with van der Waals surface area (Å²) >= 11 is 0. The van der Waals surface area contributed by atoms with Gasteiger partial charge in [-0.15, -0.1) is 29.9 Å². The Morgan fingerprint density at radius 2 is 1.81 bits per heavy atom. The van der Waals surface area contributed by atoms with Crippen LogP contribution in [0.1, 0.15) is 44.2 Å². The Morgan fingerprint density at radius 1 is 1.15 bits per heavy atom. The van der Waals surface area contributed by atoms with E-state index in [1.54, 1.807) is 0 Å². The van der Waals surface area contributed by atoms with Gasteiger partial charge in [-0.25, -0.2) is 0 Å². The maximum absolute atomic E-state index is 12.5. The van der Waals surface area contributed by atoms with E-state index in [1.807, 2.05) is 19.1 Å². The Hall–Kier alpha value is -1.11. The van der Waals surface area contributed by atoms with Gasteiger partial charge in [-0.2, -0.15) is 5.10 Å². The molecule has 1 aromatic rings. The maximum Gasteiger partial charge on any atom is 0.222 e. The Balaban J connectivity index is 0.00000182. The second-order valence-corrected chi connectivity index (χ2v) is 7.49. The first-order valence-electron chi connectivity index (χ1n) is 9.65. The fourth-order valence-electron chi connectivity index (χ4n) is 3.93. The number of halogens is 2. The van der Waals surface area contributed by atoms with E-state index >= 15 is 0 Å². The van der Waals surface area contributed by atoms with Crippen molar-refractivity contribution in [3.8, 4) is 0 Å². The molecule has 3 heterocycles. The van der Waals surface area contributed by atoms with Crippen molar-refractivity contribution in [1.82, 2.24) is 20.4 Å². The molecule has 0 radical (unpaired) electrons. The fraction of sp³-hybridized carbons (Fsp3) is 0.737. The lowest BCUT2D eigenvalue weighted by molar-refractivity contribution is -0.132. The molecular weight excluding hydrogens is 385 g/mol. The van der Waals surface area contributed by atoms with Crippen LogP contribution >= 0.6 is 24.8 Å². The van der Waals surface area contributed by atoms with E-state index in [0.29, 0.717) is 18.4 Å². The van der Waals surface area contributed by atoms with Crippen molar-refractivity contribution in [3.63, 3.8) is 0 Å². The predicted octanol–water partition coefficient (Wildman–Crippen LogP) is 2.84. The summed E-state index contributed by atoms with van der Waals surface area (Å²) in [4.78, 5) is 16.8. The quantitative estimate of drug-likeness (QED) is 0.797. The largest absolute Gasteiger partial charge is 0.355 e. The van der Waals surface area contributed by atoms with Gasteiger partial charge >= 0.3 is 0 Å². The fourth-order valence-corrected chi connectivity index (χ4v) is 3.93. The highest BCUT2D eigenvalue weighted by Crippen LogP contribution is 2.22. The van der Waals surface area contributed by atoms with E-state index in [-0.39, 0.29) is 24.8 Å². The van der Waals surface area contributed by atoms with Crippen molar-refractivity contribution in [3.05, 3.63) is 17.8 Å². The molecule has 0 spiro atoms. The molecule has 1 amide bonds. The van der Waals surface area contributed by atoms with Crippen LogP contribution in [0, 0.1) is 12.8 Å². The van der Waals surface area contributed by atoms with Gasteiger partial charge in [0.05, 0.1) is 5.69 Å². The molecule has 1 aromatic heterocycles. The molecule has 0 atom stereocenters. The number of anilines is 1. The number of amides is 1. The Kier molecular flexibility index (Phi) is 10.3. The van der Waals surface area contributed by atoms with Gasteiger partial charge in [0.15, 0.2) is 5.82 Å². The molecule has 6 nitrogen and oxygen atoms in total. The van der Waals surface area contributed by atoms with E-state index in [9.17, 15) is 4.79 Å². The molecule has 154 valence electrons. The maximum atomic E-state index is 12.5. The lowest BCUT2D eigenvalue weighted by atomic mass is 9.92. The third kappa shape index (κ3) is 6.77. The number of carbonyl (C=O) groups is 1. The first-order chi connectivity index (χ1) is 12.1. The van der Waals surface area contributed by atoms with E-state index in [4.69, 9.17) is 0 Å². The number of hydrogen-bond acceptors (Lipinski definition) is 5. The van der Waals surface area contributed by atoms with Crippen molar-refractivity contribution in [2.75, 3.05) is 38.1 Å². The smallest absolute Gasteiger partial charge is 0.222 e. The predicted molar refractivity (Wildman–Crippen MR) is 114 cm³/mol. The van der Waals surface area contributed by atoms with Crippen LogP contribution in [0.15, 0.2) is 12.1 Å². The minimum absolute atomic E-state index is 0. The average molecular weight is 418 g/mol. The van der Waals surface area contributed by atoms with Crippen molar-refractivity contribution in [2.45, 2.75) is 51.5 Å². The second kappa shape index (κ2) is 11.7. The summed E-state index contributed by atoms with van der Waals surface area (Å²) < 4.78 is 0. The second-order valence-electron chi connectivity index (χ2n) is 7.49. The van der Waals surface area contributed by atoms with Gasteiger partial charge in [0.1, 0.15) is 0 Å². The topological polar surface area (TPSA) is 61.4 Å². The zero-order valence-corrected chi connectivity index (χ0v) is 18.0. The molecule has 1 N–H and O–H groups in total. The minimum atomic E-state index is 0. The van der Waals surface area contributed by atoms with Crippen molar-refractivity contribution in [2.24, 2.45) is 5.92 Å². The molecule has 0 aromatic carbocycles. The number of hydrogen-bond donors (Lipinski definition) is 1. The van der Waals surface area contributed by atoms with Gasteiger partial charge in [0.25, 0.3) is 0 Å². The third-order valence-electron chi connectivity index (χ3n) is 5.74. The molecule has 2 aliphatic heterocycles. The van der Waals surface area contributed by atoms with Crippen LogP contribution in [0.3, 0.4) is 0 Å². The zero-order valence-electron chi connectivity index (χ0n) is 16.4. The van der Waals surface area contributed by atoms with Gasteiger partial charge in [-0.1, -0.05) is 0 Å². The van der Waals surface area contributed by atoms with Gasteiger partial charge < -0.3 is 15.1 Å². The molecule has 8 heteroatoms. The summed E-state index contributed by atoms with van der Waals surface area (Å²) in [7, 11) is 2.08. The number of nitrogens with one attached hydrogen (secondary N) is 1. The van der Waals surface area contributed by atoms with Gasteiger partial charge in [-0.05, 0) is 70.2 Å². The van der Waals surface area contributed by atoms with Gasteiger partial charge in [0, 0.05) is 32.6 Å². The van der Waals surface area contributed by atoms with E-state index < -0.39 is 0 Å². The monoisotopic (exact) mass is 417 g/mol. The number of piperidine rings is 2. The van der Waals surface area contributed by atoms with Crippen LogP contribution in [0.2, 0.25) is 0 Å². The normalized spacial score (nSPS) is 18.4. The summed E-state index contributed by atoms with van der Waals surface area (Å²) in [6.45, 7) is 5.89. The summed E-state index contributed by atoms with van der Waals surface area (Å²) in [5.41, 5.74) is 0.936. The molecule has 27 heavy (non-hydrogen) atoms. The number of nitrogens with zero attached hydrogens (tertiary/aromatic N) is 4. The van der Waals surface area contributed by atoms with Crippen LogP contribution in [0.25, 0.3) is 0 Å². The average Bonchev–Trinajstić information content (AvgIpc) is 2.67. The molecule has 0 aliphatic carbocycles. The molecule has 3 rings (SSSR count). The highest BCUT2D eigenvalue weighted by molar-refractivity contribution is 5.85. The lowest BCUT2D eigenvalue weighted by Gasteiger charge is -2.37. The Morgan fingerprint density at radius 3 is 2.41 bits per heavy atom. The van der Waals surface area contributed by atoms with Crippen LogP contribution in [0.4, 0.5) is 5.82 Å². The molecule has 2 saturated heterocycles. The van der Waals surface area contributed by atoms with E-state index in [0.717, 1.165) is 62.9 Å². The summed E-state index contributed by atoms with van der Waals surface area (Å²) in [5, 5.41) is 11.8. The number of aromatic nitrogens is 2. The third-order valence-corrected chi connectivity index (χ3v) is 5.74. The molecule has 0 saturated carbocycles. The molecule has 2 fully saturated rings. The zero-order chi connectivity index (χ0) is 17.6. The summed E-state index contributed by atoms with van der Waals surface area (Å²) in [6.07, 6.45) is 6.22. The van der Waals surface area contributed by atoms with Crippen LogP contribution in [-0.4, -0.2) is 60.3 Å². The standard InChI is InChI=1S/C19H31N5O.2ClH/c1-15-3-5-18(22-21-15)23(2)17-9-13-24(14-10-17)19(25)6-4-16-7-11-20-12-8-16;;/h3,5,16-17,20H,4,6-14H2,1-2H3;2*1H. The van der Waals surface area contributed by atoms with Gasteiger partial charge in [0.2, 0.25) is 5.91 Å². The molecule has 2 aliphatic rings. The van der Waals surface area contributed by atoms with Crippen molar-refractivity contribution < 1.29 is 4.79 Å². The van der Waals surface area contributed by atoms with Crippen molar-refractivity contribution >= 4 is 36.5 Å². The first-order valence-corrected chi connectivity index (χ1v) is 9.65. The highest BCUT2D eigenvalue weighted by Gasteiger charge is 2.26. The first kappa shape index (κ1) is 23.9. The number of aryl methyl sites for hydroxylation is 1. The molecule has 0 unspecified atom stereocenters. The number of carbonyl (C=O) groups excluding carboxylic acids is 1. The van der Waals surface area contributed by atoms with E-state index in [2.05, 4.69) is 32.4 Å². The molecule has 0 bridgehead atoms. The van der Waals surface area contributed by atoms with Crippen LogP contribution < -0.4 is 10.2 Å². The van der Waals surface area contributed by atoms with Crippen LogP contribution in [0.5, 0.6) is 0 Å². The SMILES string of the molecule is Cc1ccc(N(C)C2CCN(C(=O)CCC3CCNCC3)CC2)nn1.Cl.Cl. The Bertz CT molecular complexity index is 558. The number of likely N-dealkylation sites (tertiary alicyclic amines) is 1. The van der Waals surface area contributed by atoms with Crippen molar-refractivity contribution in [1.29, 1.82) is 0 Å². The number of rotatable bonds is 5. The summed E-state index contributed by atoms with van der Waals surface area (Å²) in [6, 6.07) is 4.46. The highest BCUT2D eigenvalue weighted by atomic mass is 35.5. The van der Waals surface area contributed by atoms with Gasteiger partial charge in [-0.3, -0.25) is 4.79 Å². The Labute approximate surface area is 175 Å². The minimum Gasteiger partial charge on any atom is -0.355 e. The van der Waals surface area contributed by atoms with E-state index in [1.165, 1.54) is 12.8 Å².